The van der Waals surface area contributed by atoms with Crippen LogP contribution in [0.15, 0.2) is 0 Å². The zero-order chi connectivity index (χ0) is 17.1. The van der Waals surface area contributed by atoms with E-state index in [1.807, 2.05) is 0 Å². The number of nitrogens with one attached hydrogen (secondary N) is 1. The highest BCUT2D eigenvalue weighted by molar-refractivity contribution is 5.04. The summed E-state index contributed by atoms with van der Waals surface area (Å²) in [4.78, 5) is 5.27. The Kier molecular flexibility index (Phi) is 5.68. The Morgan fingerprint density at radius 2 is 1.76 bits per heavy atom. The van der Waals surface area contributed by atoms with Crippen LogP contribution in [0.3, 0.4) is 0 Å². The van der Waals surface area contributed by atoms with Crippen LogP contribution in [0, 0.1) is 0 Å². The van der Waals surface area contributed by atoms with Crippen molar-refractivity contribution in [3.63, 3.8) is 0 Å². The van der Waals surface area contributed by atoms with Gasteiger partial charge in [-0.3, -0.25) is 9.80 Å². The molecular formula is C19H34N6. The Bertz CT molecular complexity index is 544. The average Bonchev–Trinajstić information content (AvgIpc) is 3.04. The summed E-state index contributed by atoms with van der Waals surface area (Å²) >= 11 is 0. The van der Waals surface area contributed by atoms with Gasteiger partial charge in [-0.15, -0.1) is 10.2 Å². The Morgan fingerprint density at radius 1 is 0.960 bits per heavy atom. The molecule has 0 radical (unpaired) electrons. The van der Waals surface area contributed by atoms with Crippen LogP contribution in [0.2, 0.25) is 0 Å². The molecule has 1 atom stereocenters. The molecule has 1 N–H and O–H groups in total. The van der Waals surface area contributed by atoms with Gasteiger partial charge in [0, 0.05) is 25.6 Å². The van der Waals surface area contributed by atoms with Crippen LogP contribution in [0.1, 0.15) is 62.5 Å². The fourth-order valence-corrected chi connectivity index (χ4v) is 4.91. The molecule has 6 heteroatoms. The minimum absolute atomic E-state index is 0.552. The molecule has 0 aliphatic carbocycles. The predicted molar refractivity (Wildman–Crippen MR) is 99.6 cm³/mol. The minimum Gasteiger partial charge on any atom is -0.317 e. The molecule has 4 heterocycles. The largest absolute Gasteiger partial charge is 0.317 e. The molecule has 0 amide bonds. The summed E-state index contributed by atoms with van der Waals surface area (Å²) in [6.45, 7) is 8.18. The third kappa shape index (κ3) is 4.07. The van der Waals surface area contributed by atoms with Crippen LogP contribution < -0.4 is 5.32 Å². The van der Waals surface area contributed by atoms with E-state index < -0.39 is 0 Å². The van der Waals surface area contributed by atoms with Gasteiger partial charge in [0.15, 0.2) is 0 Å². The van der Waals surface area contributed by atoms with Gasteiger partial charge < -0.3 is 9.88 Å². The van der Waals surface area contributed by atoms with Gasteiger partial charge in [0.25, 0.3) is 0 Å². The molecule has 3 fully saturated rings. The number of hydrogen-bond donors (Lipinski definition) is 1. The van der Waals surface area contributed by atoms with Crippen LogP contribution >= 0.6 is 0 Å². The van der Waals surface area contributed by atoms with Gasteiger partial charge in [-0.25, -0.2) is 0 Å². The van der Waals surface area contributed by atoms with Crippen molar-refractivity contribution < 1.29 is 0 Å². The molecule has 3 aliphatic heterocycles. The fraction of sp³-hybridized carbons (Fsp3) is 0.895. The second-order valence-electron chi connectivity index (χ2n) is 8.19. The van der Waals surface area contributed by atoms with Crippen molar-refractivity contribution in [3.05, 3.63) is 11.6 Å². The maximum Gasteiger partial charge on any atom is 0.146 e. The zero-order valence-electron chi connectivity index (χ0n) is 15.8. The van der Waals surface area contributed by atoms with E-state index in [0.29, 0.717) is 5.92 Å². The molecule has 25 heavy (non-hydrogen) atoms. The van der Waals surface area contributed by atoms with Gasteiger partial charge in [-0.2, -0.15) is 0 Å². The van der Waals surface area contributed by atoms with Crippen molar-refractivity contribution in [2.24, 2.45) is 7.05 Å². The minimum atomic E-state index is 0.552. The fourth-order valence-electron chi connectivity index (χ4n) is 4.91. The van der Waals surface area contributed by atoms with Gasteiger partial charge >= 0.3 is 0 Å². The normalized spacial score (nSPS) is 27.6. The predicted octanol–water partition coefficient (Wildman–Crippen LogP) is 1.73. The molecule has 0 spiro atoms. The molecule has 140 valence electrons. The molecule has 1 aromatic heterocycles. The van der Waals surface area contributed by atoms with Crippen molar-refractivity contribution >= 4 is 0 Å². The molecule has 1 aromatic rings. The molecule has 6 nitrogen and oxygen atoms in total. The lowest BCUT2D eigenvalue weighted by Gasteiger charge is -2.39. The smallest absolute Gasteiger partial charge is 0.146 e. The van der Waals surface area contributed by atoms with E-state index in [4.69, 9.17) is 0 Å². The first-order chi connectivity index (χ1) is 12.3. The van der Waals surface area contributed by atoms with Crippen LogP contribution in [0.5, 0.6) is 0 Å². The molecule has 0 bridgehead atoms. The van der Waals surface area contributed by atoms with E-state index in [1.54, 1.807) is 0 Å². The second kappa shape index (κ2) is 8.14. The van der Waals surface area contributed by atoms with Crippen molar-refractivity contribution in [2.75, 3.05) is 39.3 Å². The van der Waals surface area contributed by atoms with E-state index in [9.17, 15) is 0 Å². The number of nitrogens with zero attached hydrogens (tertiary/aromatic N) is 5. The summed E-state index contributed by atoms with van der Waals surface area (Å²) in [6.07, 6.45) is 9.20. The number of hydrogen-bond acceptors (Lipinski definition) is 5. The van der Waals surface area contributed by atoms with Gasteiger partial charge in [-0.1, -0.05) is 6.42 Å². The van der Waals surface area contributed by atoms with Crippen LogP contribution in [-0.4, -0.2) is 69.9 Å². The number of rotatable bonds is 4. The van der Waals surface area contributed by atoms with E-state index in [-0.39, 0.29) is 0 Å². The summed E-state index contributed by atoms with van der Waals surface area (Å²) in [5, 5.41) is 12.7. The lowest BCUT2D eigenvalue weighted by atomic mass is 9.93. The first-order valence-corrected chi connectivity index (χ1v) is 10.4. The SMILES string of the molecule is Cn1c(CN2CCCCC2)nnc1C1CCCN(C2CCNCC2)C1. The quantitative estimate of drug-likeness (QED) is 0.900. The summed E-state index contributed by atoms with van der Waals surface area (Å²) in [6, 6.07) is 0.769. The van der Waals surface area contributed by atoms with Gasteiger partial charge in [0.2, 0.25) is 0 Å². The highest BCUT2D eigenvalue weighted by Gasteiger charge is 2.30. The van der Waals surface area contributed by atoms with Crippen molar-refractivity contribution in [2.45, 2.75) is 63.5 Å². The Labute approximate surface area is 152 Å². The van der Waals surface area contributed by atoms with E-state index in [2.05, 4.69) is 36.9 Å². The zero-order valence-corrected chi connectivity index (χ0v) is 15.8. The lowest BCUT2D eigenvalue weighted by molar-refractivity contribution is 0.120. The maximum absolute atomic E-state index is 4.63. The Balaban J connectivity index is 1.40. The summed E-state index contributed by atoms with van der Waals surface area (Å²) in [5.74, 6) is 2.91. The number of piperidine rings is 3. The van der Waals surface area contributed by atoms with Gasteiger partial charge in [0.05, 0.1) is 6.54 Å². The molecule has 4 rings (SSSR count). The monoisotopic (exact) mass is 346 g/mol. The van der Waals surface area contributed by atoms with E-state index >= 15 is 0 Å². The second-order valence-corrected chi connectivity index (χ2v) is 8.19. The van der Waals surface area contributed by atoms with Crippen molar-refractivity contribution in [1.82, 2.24) is 29.9 Å². The number of aromatic nitrogens is 3. The Hall–Kier alpha value is -0.980. The standard InChI is InChI=1S/C19H34N6/c1-23-18(15-24-11-3-2-4-12-24)21-22-19(23)16-6-5-13-25(14-16)17-7-9-20-10-8-17/h16-17,20H,2-15H2,1H3. The van der Waals surface area contributed by atoms with Crippen LogP contribution in [0.25, 0.3) is 0 Å². The van der Waals surface area contributed by atoms with Gasteiger partial charge in [0.1, 0.15) is 11.6 Å². The highest BCUT2D eigenvalue weighted by atomic mass is 15.3. The number of likely N-dealkylation sites (tertiary alicyclic amines) is 2. The van der Waals surface area contributed by atoms with Crippen LogP contribution in [-0.2, 0) is 13.6 Å². The third-order valence-corrected chi connectivity index (χ3v) is 6.46. The Morgan fingerprint density at radius 3 is 2.56 bits per heavy atom. The maximum atomic E-state index is 4.63. The first-order valence-electron chi connectivity index (χ1n) is 10.4. The summed E-state index contributed by atoms with van der Waals surface area (Å²) in [7, 11) is 2.18. The molecule has 3 aliphatic rings. The van der Waals surface area contributed by atoms with Crippen molar-refractivity contribution in [1.29, 1.82) is 0 Å². The lowest BCUT2D eigenvalue weighted by Crippen LogP contribution is -2.47. The van der Waals surface area contributed by atoms with Crippen molar-refractivity contribution in [3.8, 4) is 0 Å². The average molecular weight is 347 g/mol. The highest BCUT2D eigenvalue weighted by Crippen LogP contribution is 2.29. The molecule has 0 aromatic carbocycles. The van der Waals surface area contributed by atoms with Gasteiger partial charge in [-0.05, 0) is 71.2 Å². The summed E-state index contributed by atoms with van der Waals surface area (Å²) < 4.78 is 2.30. The van der Waals surface area contributed by atoms with E-state index in [0.717, 1.165) is 18.4 Å². The third-order valence-electron chi connectivity index (χ3n) is 6.46. The van der Waals surface area contributed by atoms with Crippen LogP contribution in [0.4, 0.5) is 0 Å². The molecular weight excluding hydrogens is 312 g/mol. The first kappa shape index (κ1) is 17.4. The molecule has 3 saturated heterocycles. The molecule has 0 saturated carbocycles. The summed E-state index contributed by atoms with van der Waals surface area (Å²) in [5.41, 5.74) is 0. The topological polar surface area (TPSA) is 49.2 Å². The molecule has 1 unspecified atom stereocenters. The van der Waals surface area contributed by atoms with E-state index in [1.165, 1.54) is 90.0 Å².